The molecule has 0 aromatic heterocycles. The molecule has 0 atom stereocenters. The number of nitrogens with one attached hydrogen (secondary N) is 1. The van der Waals surface area contributed by atoms with Crippen LogP contribution in [-0.2, 0) is 6.54 Å². The fourth-order valence-corrected chi connectivity index (χ4v) is 1.09. The lowest BCUT2D eigenvalue weighted by molar-refractivity contribution is 0.964. The molecule has 1 N–H and O–H groups in total. The van der Waals surface area contributed by atoms with Gasteiger partial charge in [0, 0.05) is 11.6 Å². The van der Waals surface area contributed by atoms with E-state index in [1.807, 2.05) is 24.3 Å². The van der Waals surface area contributed by atoms with Crippen LogP contribution in [0.15, 0.2) is 24.3 Å². The van der Waals surface area contributed by atoms with Crippen molar-refractivity contribution in [3.05, 3.63) is 34.9 Å². The normalized spacial score (nSPS) is 9.80. The largest absolute Gasteiger partial charge is 0.229 e. The summed E-state index contributed by atoms with van der Waals surface area (Å²) in [4.78, 5) is 2.52. The predicted octanol–water partition coefficient (Wildman–Crippen LogP) is 2.58. The third kappa shape index (κ3) is 2.18. The fraction of sp³-hybridized carbons (Fsp3) is 0.143. The molecule has 0 saturated heterocycles. The topological polar surface area (TPSA) is 12.0 Å². The minimum Gasteiger partial charge on any atom is -0.229 e. The summed E-state index contributed by atoms with van der Waals surface area (Å²) in [6.07, 6.45) is 0. The maximum Gasteiger partial charge on any atom is 0.0409 e. The van der Waals surface area contributed by atoms with E-state index in [1.54, 1.807) is 0 Å². The molecule has 1 aromatic rings. The number of halogens is 2. The van der Waals surface area contributed by atoms with Gasteiger partial charge in [0.2, 0.25) is 0 Å². The molecular formula is C7H7Cl2N. The summed E-state index contributed by atoms with van der Waals surface area (Å²) in [5, 5.41) is 0.740. The smallest absolute Gasteiger partial charge is 0.0409 e. The number of hydrogen-bond acceptors (Lipinski definition) is 1. The highest BCUT2D eigenvalue weighted by Crippen LogP contribution is 2.09. The summed E-state index contributed by atoms with van der Waals surface area (Å²) in [6, 6.07) is 7.56. The van der Waals surface area contributed by atoms with Gasteiger partial charge in [0.1, 0.15) is 0 Å². The van der Waals surface area contributed by atoms with E-state index >= 15 is 0 Å². The summed E-state index contributed by atoms with van der Waals surface area (Å²) < 4.78 is 0. The first-order valence-corrected chi connectivity index (χ1v) is 3.66. The van der Waals surface area contributed by atoms with Gasteiger partial charge in [0.25, 0.3) is 0 Å². The Kier molecular flexibility index (Phi) is 3.00. The van der Waals surface area contributed by atoms with Crippen LogP contribution in [0.4, 0.5) is 0 Å². The van der Waals surface area contributed by atoms with Crippen molar-refractivity contribution >= 4 is 23.4 Å². The van der Waals surface area contributed by atoms with Crippen LogP contribution in [0.2, 0.25) is 5.02 Å². The van der Waals surface area contributed by atoms with Crippen molar-refractivity contribution in [3.63, 3.8) is 0 Å². The molecule has 0 fully saturated rings. The van der Waals surface area contributed by atoms with E-state index in [0.29, 0.717) is 6.54 Å². The molecule has 0 aliphatic carbocycles. The van der Waals surface area contributed by atoms with Gasteiger partial charge in [-0.2, -0.15) is 0 Å². The summed E-state index contributed by atoms with van der Waals surface area (Å²) in [5.41, 5.74) is 1.09. The van der Waals surface area contributed by atoms with Crippen molar-refractivity contribution in [2.75, 3.05) is 0 Å². The third-order valence-electron chi connectivity index (χ3n) is 1.16. The monoisotopic (exact) mass is 175 g/mol. The Morgan fingerprint density at radius 2 is 2.20 bits per heavy atom. The molecule has 0 unspecified atom stereocenters. The van der Waals surface area contributed by atoms with E-state index in [2.05, 4.69) is 4.84 Å². The van der Waals surface area contributed by atoms with Crippen LogP contribution in [0.3, 0.4) is 0 Å². The molecule has 1 aromatic carbocycles. The lowest BCUT2D eigenvalue weighted by Gasteiger charge is -1.96. The van der Waals surface area contributed by atoms with Crippen LogP contribution >= 0.6 is 23.4 Å². The van der Waals surface area contributed by atoms with Crippen LogP contribution in [0.5, 0.6) is 0 Å². The van der Waals surface area contributed by atoms with E-state index in [4.69, 9.17) is 23.4 Å². The average molecular weight is 176 g/mol. The standard InChI is InChI=1S/C7H7Cl2N/c8-7-3-1-2-6(4-7)5-10-9/h1-4,10H,5H2. The highest BCUT2D eigenvalue weighted by molar-refractivity contribution is 6.30. The minimum absolute atomic E-state index is 0.641. The first-order valence-electron chi connectivity index (χ1n) is 2.91. The highest BCUT2D eigenvalue weighted by Gasteiger charge is 1.90. The van der Waals surface area contributed by atoms with Crippen LogP contribution in [0.25, 0.3) is 0 Å². The van der Waals surface area contributed by atoms with E-state index in [1.165, 1.54) is 0 Å². The lowest BCUT2D eigenvalue weighted by Crippen LogP contribution is -1.97. The third-order valence-corrected chi connectivity index (χ3v) is 1.53. The Morgan fingerprint density at radius 3 is 2.80 bits per heavy atom. The van der Waals surface area contributed by atoms with Gasteiger partial charge in [-0.3, -0.25) is 0 Å². The molecule has 0 heterocycles. The summed E-state index contributed by atoms with van der Waals surface area (Å²) in [7, 11) is 0. The second-order valence-electron chi connectivity index (χ2n) is 1.94. The Balaban J connectivity index is 2.75. The van der Waals surface area contributed by atoms with Crippen LogP contribution in [0, 0.1) is 0 Å². The first-order chi connectivity index (χ1) is 4.83. The quantitative estimate of drug-likeness (QED) is 0.682. The van der Waals surface area contributed by atoms with Crippen molar-refractivity contribution in [1.82, 2.24) is 4.84 Å². The Hall–Kier alpha value is -0.240. The molecule has 0 aliphatic rings. The fourth-order valence-electron chi connectivity index (χ4n) is 0.724. The van der Waals surface area contributed by atoms with Crippen LogP contribution in [-0.4, -0.2) is 0 Å². The number of rotatable bonds is 2. The second-order valence-corrected chi connectivity index (χ2v) is 2.64. The van der Waals surface area contributed by atoms with Crippen LogP contribution < -0.4 is 4.84 Å². The Bertz CT molecular complexity index is 213. The molecule has 10 heavy (non-hydrogen) atoms. The van der Waals surface area contributed by atoms with E-state index in [9.17, 15) is 0 Å². The van der Waals surface area contributed by atoms with Gasteiger partial charge in [-0.25, -0.2) is 4.84 Å². The summed E-state index contributed by atoms with van der Waals surface area (Å²) in [5.74, 6) is 0. The maximum atomic E-state index is 5.71. The number of benzene rings is 1. The van der Waals surface area contributed by atoms with Gasteiger partial charge in [0.05, 0.1) is 0 Å². The molecule has 1 nitrogen and oxygen atoms in total. The zero-order valence-corrected chi connectivity index (χ0v) is 6.78. The lowest BCUT2D eigenvalue weighted by atomic mass is 10.2. The second kappa shape index (κ2) is 3.81. The maximum absolute atomic E-state index is 5.71. The molecule has 3 heteroatoms. The summed E-state index contributed by atoms with van der Waals surface area (Å²) >= 11 is 11.0. The minimum atomic E-state index is 0.641. The van der Waals surface area contributed by atoms with Crippen LogP contribution in [0.1, 0.15) is 5.56 Å². The summed E-state index contributed by atoms with van der Waals surface area (Å²) in [6.45, 7) is 0.641. The van der Waals surface area contributed by atoms with Gasteiger partial charge in [-0.15, -0.1) is 0 Å². The highest BCUT2D eigenvalue weighted by atomic mass is 35.5. The SMILES string of the molecule is ClNCc1cccc(Cl)c1. The predicted molar refractivity (Wildman–Crippen MR) is 44.1 cm³/mol. The molecule has 0 radical (unpaired) electrons. The Morgan fingerprint density at radius 1 is 1.40 bits per heavy atom. The van der Waals surface area contributed by atoms with Crippen molar-refractivity contribution in [1.29, 1.82) is 0 Å². The molecule has 0 saturated carbocycles. The average Bonchev–Trinajstić information content (AvgIpc) is 1.88. The van der Waals surface area contributed by atoms with Crippen molar-refractivity contribution in [3.8, 4) is 0 Å². The van der Waals surface area contributed by atoms with Crippen molar-refractivity contribution in [2.45, 2.75) is 6.54 Å². The van der Waals surface area contributed by atoms with Crippen molar-refractivity contribution in [2.24, 2.45) is 0 Å². The molecule has 0 aliphatic heterocycles. The van der Waals surface area contributed by atoms with Gasteiger partial charge in [0.15, 0.2) is 0 Å². The first kappa shape index (κ1) is 7.86. The van der Waals surface area contributed by atoms with Gasteiger partial charge in [-0.1, -0.05) is 23.7 Å². The van der Waals surface area contributed by atoms with Gasteiger partial charge in [-0.05, 0) is 29.5 Å². The Labute approximate surface area is 70.1 Å². The van der Waals surface area contributed by atoms with E-state index < -0.39 is 0 Å². The molecule has 54 valence electrons. The molecular weight excluding hydrogens is 169 g/mol. The van der Waals surface area contributed by atoms with E-state index in [-0.39, 0.29) is 0 Å². The van der Waals surface area contributed by atoms with Gasteiger partial charge < -0.3 is 0 Å². The van der Waals surface area contributed by atoms with E-state index in [0.717, 1.165) is 10.6 Å². The zero-order valence-electron chi connectivity index (χ0n) is 5.27. The molecule has 0 bridgehead atoms. The van der Waals surface area contributed by atoms with Gasteiger partial charge >= 0.3 is 0 Å². The number of hydrogen-bond donors (Lipinski definition) is 1. The molecule has 1 rings (SSSR count). The molecule has 0 amide bonds. The molecule has 0 spiro atoms. The van der Waals surface area contributed by atoms with Crippen molar-refractivity contribution < 1.29 is 0 Å². The zero-order chi connectivity index (χ0) is 7.40.